The number of hydrogen-bond acceptors (Lipinski definition) is 5. The van der Waals surface area contributed by atoms with Crippen LogP contribution < -0.4 is 0 Å². The Hall–Kier alpha value is -0.0701. The van der Waals surface area contributed by atoms with E-state index in [9.17, 15) is 5.11 Å². The lowest BCUT2D eigenvalue weighted by Gasteiger charge is -2.23. The lowest BCUT2D eigenvalue weighted by Crippen LogP contribution is -2.40. The first-order chi connectivity index (χ1) is 7.78. The molecule has 0 bridgehead atoms. The van der Waals surface area contributed by atoms with Crippen LogP contribution in [-0.4, -0.2) is 50.9 Å². The van der Waals surface area contributed by atoms with Gasteiger partial charge in [0.1, 0.15) is 0 Å². The van der Waals surface area contributed by atoms with Crippen LogP contribution in [0.4, 0.5) is 0 Å². The van der Waals surface area contributed by atoms with Gasteiger partial charge in [-0.1, -0.05) is 13.8 Å². The van der Waals surface area contributed by atoms with Crippen LogP contribution in [0, 0.1) is 0 Å². The van der Waals surface area contributed by atoms with Gasteiger partial charge in [0.2, 0.25) is 0 Å². The SMILES string of the molecule is CCB1OCC2OB(CC)OC2C(CO)O1. The van der Waals surface area contributed by atoms with Crippen molar-refractivity contribution in [2.75, 3.05) is 13.2 Å². The van der Waals surface area contributed by atoms with Gasteiger partial charge >= 0.3 is 14.2 Å². The molecule has 2 aliphatic rings. The standard InChI is InChI=1S/C9H18B2O5/c1-3-10-13-6-8-9(7(5-12)14-10)16-11(4-2)15-8/h7-9,12H,3-6H2,1-2H3. The van der Waals surface area contributed by atoms with Crippen molar-refractivity contribution in [2.24, 2.45) is 0 Å². The molecule has 2 heterocycles. The molecule has 2 aliphatic heterocycles. The molecule has 0 radical (unpaired) electrons. The van der Waals surface area contributed by atoms with Crippen molar-refractivity contribution in [1.29, 1.82) is 0 Å². The summed E-state index contributed by atoms with van der Waals surface area (Å²) in [6.07, 6.45) is 0.856. The molecule has 3 atom stereocenters. The summed E-state index contributed by atoms with van der Waals surface area (Å²) in [6, 6.07) is 0. The van der Waals surface area contributed by atoms with E-state index in [1.165, 1.54) is 0 Å². The Labute approximate surface area is 96.7 Å². The van der Waals surface area contributed by atoms with Crippen LogP contribution in [0.2, 0.25) is 12.6 Å². The summed E-state index contributed by atoms with van der Waals surface area (Å²) in [5.41, 5.74) is 0. The van der Waals surface area contributed by atoms with Gasteiger partial charge in [0.15, 0.2) is 0 Å². The van der Waals surface area contributed by atoms with Gasteiger partial charge in [-0.3, -0.25) is 0 Å². The summed E-state index contributed by atoms with van der Waals surface area (Å²) in [6.45, 7) is 4.38. The zero-order chi connectivity index (χ0) is 11.5. The third-order valence-electron chi connectivity index (χ3n) is 2.99. The molecule has 90 valence electrons. The first-order valence-electron chi connectivity index (χ1n) is 5.97. The Bertz CT molecular complexity index is 230. The molecule has 0 aromatic heterocycles. The second kappa shape index (κ2) is 5.51. The van der Waals surface area contributed by atoms with Gasteiger partial charge in [-0.05, 0) is 12.6 Å². The predicted molar refractivity (Wildman–Crippen MR) is 60.1 cm³/mol. The van der Waals surface area contributed by atoms with Crippen LogP contribution in [0.3, 0.4) is 0 Å². The molecule has 7 heteroatoms. The highest BCUT2D eigenvalue weighted by Crippen LogP contribution is 2.26. The second-order valence-corrected chi connectivity index (χ2v) is 4.14. The summed E-state index contributed by atoms with van der Waals surface area (Å²) in [4.78, 5) is 0. The van der Waals surface area contributed by atoms with Crippen molar-refractivity contribution in [3.63, 3.8) is 0 Å². The van der Waals surface area contributed by atoms with Gasteiger partial charge in [-0.2, -0.15) is 0 Å². The van der Waals surface area contributed by atoms with Crippen LogP contribution >= 0.6 is 0 Å². The Morgan fingerprint density at radius 3 is 2.50 bits per heavy atom. The lowest BCUT2D eigenvalue weighted by molar-refractivity contribution is 0.00936. The molecular formula is C9H18B2O5. The Morgan fingerprint density at radius 2 is 1.88 bits per heavy atom. The maximum absolute atomic E-state index is 9.32. The van der Waals surface area contributed by atoms with E-state index in [2.05, 4.69) is 0 Å². The number of fused-ring (bicyclic) bond motifs is 1. The number of rotatable bonds is 3. The van der Waals surface area contributed by atoms with Gasteiger partial charge in [0.25, 0.3) is 0 Å². The van der Waals surface area contributed by atoms with Gasteiger partial charge in [-0.25, -0.2) is 0 Å². The molecule has 5 nitrogen and oxygen atoms in total. The van der Waals surface area contributed by atoms with Crippen LogP contribution in [0.5, 0.6) is 0 Å². The third kappa shape index (κ3) is 2.43. The lowest BCUT2D eigenvalue weighted by atomic mass is 9.85. The smallest absolute Gasteiger partial charge is 0.408 e. The molecule has 0 spiro atoms. The fraction of sp³-hybridized carbons (Fsp3) is 1.00. The van der Waals surface area contributed by atoms with E-state index in [0.717, 1.165) is 12.6 Å². The molecule has 2 rings (SSSR count). The van der Waals surface area contributed by atoms with E-state index in [1.54, 1.807) is 0 Å². The fourth-order valence-electron chi connectivity index (χ4n) is 2.10. The van der Waals surface area contributed by atoms with Crippen LogP contribution in [0.1, 0.15) is 13.8 Å². The quantitative estimate of drug-likeness (QED) is 0.698. The molecule has 0 aromatic rings. The molecular weight excluding hydrogens is 210 g/mol. The summed E-state index contributed by atoms with van der Waals surface area (Å²) in [5.74, 6) is 0. The van der Waals surface area contributed by atoms with E-state index in [0.29, 0.717) is 6.61 Å². The molecule has 1 N–H and O–H groups in total. The minimum Gasteiger partial charge on any atom is -0.408 e. The van der Waals surface area contributed by atoms with E-state index < -0.39 is 0 Å². The van der Waals surface area contributed by atoms with Crippen molar-refractivity contribution in [2.45, 2.75) is 44.8 Å². The highest BCUT2D eigenvalue weighted by atomic mass is 16.7. The monoisotopic (exact) mass is 228 g/mol. The maximum atomic E-state index is 9.32. The highest BCUT2D eigenvalue weighted by molar-refractivity contribution is 6.45. The van der Waals surface area contributed by atoms with E-state index in [4.69, 9.17) is 18.6 Å². The molecule has 2 saturated heterocycles. The Balaban J connectivity index is 2.03. The van der Waals surface area contributed by atoms with Crippen LogP contribution in [0.25, 0.3) is 0 Å². The minimum absolute atomic E-state index is 0.0686. The molecule has 3 unspecified atom stereocenters. The first kappa shape index (κ1) is 12.4. The number of aliphatic hydroxyl groups excluding tert-OH is 1. The summed E-state index contributed by atoms with van der Waals surface area (Å²) in [5, 5.41) is 9.32. The first-order valence-corrected chi connectivity index (χ1v) is 5.97. The summed E-state index contributed by atoms with van der Waals surface area (Å²) in [7, 11) is -0.468. The summed E-state index contributed by atoms with van der Waals surface area (Å²) >= 11 is 0. The van der Waals surface area contributed by atoms with Gasteiger partial charge < -0.3 is 23.7 Å². The molecule has 0 aromatic carbocycles. The maximum Gasteiger partial charge on any atom is 0.457 e. The van der Waals surface area contributed by atoms with Crippen molar-refractivity contribution < 1.29 is 23.7 Å². The third-order valence-corrected chi connectivity index (χ3v) is 2.99. The zero-order valence-electron chi connectivity index (χ0n) is 9.80. The average molecular weight is 228 g/mol. The van der Waals surface area contributed by atoms with E-state index >= 15 is 0 Å². The van der Waals surface area contributed by atoms with Gasteiger partial charge in [0, 0.05) is 0 Å². The Morgan fingerprint density at radius 1 is 1.12 bits per heavy atom. The molecule has 0 saturated carbocycles. The van der Waals surface area contributed by atoms with Crippen molar-refractivity contribution in [3.05, 3.63) is 0 Å². The molecule has 0 aliphatic carbocycles. The second-order valence-electron chi connectivity index (χ2n) is 4.14. The molecule has 16 heavy (non-hydrogen) atoms. The fourth-order valence-corrected chi connectivity index (χ4v) is 2.10. The number of hydrogen-bond donors (Lipinski definition) is 1. The predicted octanol–water partition coefficient (Wildman–Crippen LogP) is 0.194. The highest BCUT2D eigenvalue weighted by Gasteiger charge is 2.46. The Kier molecular flexibility index (Phi) is 4.27. The van der Waals surface area contributed by atoms with Crippen LogP contribution in [0.15, 0.2) is 0 Å². The van der Waals surface area contributed by atoms with Crippen molar-refractivity contribution in [1.82, 2.24) is 0 Å². The van der Waals surface area contributed by atoms with E-state index in [-0.39, 0.29) is 39.2 Å². The van der Waals surface area contributed by atoms with E-state index in [1.807, 2.05) is 13.8 Å². The average Bonchev–Trinajstić information content (AvgIpc) is 2.66. The normalized spacial score (nSPS) is 35.1. The molecule has 2 fully saturated rings. The zero-order valence-corrected chi connectivity index (χ0v) is 9.80. The van der Waals surface area contributed by atoms with Crippen LogP contribution in [-0.2, 0) is 18.6 Å². The van der Waals surface area contributed by atoms with Crippen molar-refractivity contribution in [3.8, 4) is 0 Å². The molecule has 0 amide bonds. The number of aliphatic hydroxyl groups is 1. The van der Waals surface area contributed by atoms with Gasteiger partial charge in [0.05, 0.1) is 31.5 Å². The minimum atomic E-state index is -0.353. The van der Waals surface area contributed by atoms with Crippen molar-refractivity contribution >= 4 is 14.2 Å². The topological polar surface area (TPSA) is 57.2 Å². The van der Waals surface area contributed by atoms with Gasteiger partial charge in [-0.15, -0.1) is 0 Å². The summed E-state index contributed by atoms with van der Waals surface area (Å²) < 4.78 is 22.6. The largest absolute Gasteiger partial charge is 0.457 e.